The Morgan fingerprint density at radius 2 is 1.84 bits per heavy atom. The highest BCUT2D eigenvalue weighted by molar-refractivity contribution is 5.68. The van der Waals surface area contributed by atoms with Gasteiger partial charge in [-0.1, -0.05) is 30.3 Å². The van der Waals surface area contributed by atoms with E-state index in [4.69, 9.17) is 10.00 Å². The van der Waals surface area contributed by atoms with Crippen LogP contribution in [0.5, 0.6) is 0 Å². The lowest BCUT2D eigenvalue weighted by molar-refractivity contribution is 0.0242. The molecule has 2 saturated heterocycles. The van der Waals surface area contributed by atoms with Crippen LogP contribution >= 0.6 is 0 Å². The summed E-state index contributed by atoms with van der Waals surface area (Å²) in [5.74, 6) is 0.588. The summed E-state index contributed by atoms with van der Waals surface area (Å²) in [7, 11) is 0. The van der Waals surface area contributed by atoms with Crippen LogP contribution in [0.2, 0.25) is 0 Å². The second-order valence-corrected chi connectivity index (χ2v) is 8.22. The standard InChI is InChI=1S/C23H28N6O2/c1-18-16-28(11-12-29(18)22-25-14-20(13-24)15-26-22)23(30)31-21-7-9-27(10-8-21)17-19-5-3-2-4-6-19/h2-6,14-15,18,21H,7-12,16-17H2,1H3/t18-/m0/s1. The van der Waals surface area contributed by atoms with Crippen molar-refractivity contribution in [3.63, 3.8) is 0 Å². The first-order valence-electron chi connectivity index (χ1n) is 10.8. The van der Waals surface area contributed by atoms with Crippen molar-refractivity contribution in [3.05, 3.63) is 53.9 Å². The number of ether oxygens (including phenoxy) is 1. The number of carbonyl (C=O) groups is 1. The Morgan fingerprint density at radius 3 is 2.48 bits per heavy atom. The maximum atomic E-state index is 12.7. The first-order chi connectivity index (χ1) is 15.1. The second kappa shape index (κ2) is 9.75. The smallest absolute Gasteiger partial charge is 0.410 e. The number of aromatic nitrogens is 2. The summed E-state index contributed by atoms with van der Waals surface area (Å²) < 4.78 is 5.82. The SMILES string of the molecule is C[C@H]1CN(C(=O)OC2CCN(Cc3ccccc3)CC2)CCN1c1ncc(C#N)cn1. The molecule has 0 saturated carbocycles. The van der Waals surface area contributed by atoms with Gasteiger partial charge in [0.15, 0.2) is 0 Å². The molecule has 2 aromatic rings. The molecule has 162 valence electrons. The number of piperazine rings is 1. The highest BCUT2D eigenvalue weighted by Crippen LogP contribution is 2.20. The quantitative estimate of drug-likeness (QED) is 0.752. The average molecular weight is 421 g/mol. The summed E-state index contributed by atoms with van der Waals surface area (Å²) in [6, 6.07) is 12.6. The minimum absolute atomic E-state index is 0.0188. The lowest BCUT2D eigenvalue weighted by atomic mass is 10.1. The molecule has 1 atom stereocenters. The zero-order chi connectivity index (χ0) is 21.6. The minimum atomic E-state index is -0.228. The lowest BCUT2D eigenvalue weighted by Gasteiger charge is -2.40. The third-order valence-electron chi connectivity index (χ3n) is 5.96. The number of hydrogen-bond donors (Lipinski definition) is 0. The van der Waals surface area contributed by atoms with Crippen molar-refractivity contribution < 1.29 is 9.53 Å². The monoisotopic (exact) mass is 420 g/mol. The largest absolute Gasteiger partial charge is 0.446 e. The molecule has 1 amide bonds. The van der Waals surface area contributed by atoms with Crippen LogP contribution in [0.1, 0.15) is 30.9 Å². The molecular weight excluding hydrogens is 392 g/mol. The molecule has 2 aliphatic heterocycles. The number of rotatable bonds is 4. The molecule has 8 nitrogen and oxygen atoms in total. The normalized spacial score (nSPS) is 20.3. The third kappa shape index (κ3) is 5.30. The second-order valence-electron chi connectivity index (χ2n) is 8.22. The van der Waals surface area contributed by atoms with E-state index in [1.54, 1.807) is 4.90 Å². The van der Waals surface area contributed by atoms with E-state index in [9.17, 15) is 4.79 Å². The van der Waals surface area contributed by atoms with Gasteiger partial charge in [0.1, 0.15) is 12.2 Å². The Labute approximate surface area is 183 Å². The van der Waals surface area contributed by atoms with E-state index in [1.807, 2.05) is 19.1 Å². The van der Waals surface area contributed by atoms with Crippen molar-refractivity contribution in [1.82, 2.24) is 19.8 Å². The van der Waals surface area contributed by atoms with E-state index >= 15 is 0 Å². The van der Waals surface area contributed by atoms with Crippen molar-refractivity contribution in [2.75, 3.05) is 37.6 Å². The Morgan fingerprint density at radius 1 is 1.13 bits per heavy atom. The molecule has 0 radical (unpaired) electrons. The highest BCUT2D eigenvalue weighted by atomic mass is 16.6. The van der Waals surface area contributed by atoms with Gasteiger partial charge in [0.2, 0.25) is 5.95 Å². The van der Waals surface area contributed by atoms with Crippen LogP contribution < -0.4 is 4.90 Å². The Kier molecular flexibility index (Phi) is 6.63. The summed E-state index contributed by atoms with van der Waals surface area (Å²) >= 11 is 0. The molecule has 1 aromatic carbocycles. The van der Waals surface area contributed by atoms with E-state index < -0.39 is 0 Å². The average Bonchev–Trinajstić information content (AvgIpc) is 2.81. The van der Waals surface area contributed by atoms with Gasteiger partial charge < -0.3 is 14.5 Å². The summed E-state index contributed by atoms with van der Waals surface area (Å²) in [5.41, 5.74) is 1.75. The molecule has 2 fully saturated rings. The van der Waals surface area contributed by atoms with Crippen molar-refractivity contribution in [1.29, 1.82) is 5.26 Å². The van der Waals surface area contributed by atoms with E-state index in [2.05, 4.69) is 44.0 Å². The van der Waals surface area contributed by atoms with Gasteiger partial charge in [0.25, 0.3) is 0 Å². The van der Waals surface area contributed by atoms with Crippen LogP contribution in [0.4, 0.5) is 10.7 Å². The summed E-state index contributed by atoms with van der Waals surface area (Å²) in [4.78, 5) is 27.5. The molecule has 0 bridgehead atoms. The Balaban J connectivity index is 1.23. The minimum Gasteiger partial charge on any atom is -0.446 e. The van der Waals surface area contributed by atoms with Gasteiger partial charge in [-0.15, -0.1) is 0 Å². The predicted octanol–water partition coefficient (Wildman–Crippen LogP) is 2.66. The number of nitrogens with zero attached hydrogens (tertiary/aromatic N) is 6. The maximum Gasteiger partial charge on any atom is 0.410 e. The van der Waals surface area contributed by atoms with Crippen LogP contribution in [0.15, 0.2) is 42.7 Å². The molecule has 31 heavy (non-hydrogen) atoms. The van der Waals surface area contributed by atoms with Gasteiger partial charge in [0.05, 0.1) is 18.0 Å². The van der Waals surface area contributed by atoms with Crippen LogP contribution in [-0.4, -0.2) is 70.7 Å². The highest BCUT2D eigenvalue weighted by Gasteiger charge is 2.31. The van der Waals surface area contributed by atoms with Gasteiger partial charge in [-0.25, -0.2) is 14.8 Å². The van der Waals surface area contributed by atoms with Crippen molar-refractivity contribution >= 4 is 12.0 Å². The van der Waals surface area contributed by atoms with Crippen LogP contribution in [-0.2, 0) is 11.3 Å². The predicted molar refractivity (Wildman–Crippen MR) is 116 cm³/mol. The van der Waals surface area contributed by atoms with E-state index in [0.29, 0.717) is 31.1 Å². The molecule has 0 aliphatic carbocycles. The maximum absolute atomic E-state index is 12.7. The number of piperidine rings is 1. The number of amides is 1. The van der Waals surface area contributed by atoms with Gasteiger partial charge in [0, 0.05) is 45.3 Å². The first-order valence-corrected chi connectivity index (χ1v) is 10.8. The van der Waals surface area contributed by atoms with Crippen LogP contribution in [0.25, 0.3) is 0 Å². The van der Waals surface area contributed by atoms with E-state index in [1.165, 1.54) is 18.0 Å². The van der Waals surface area contributed by atoms with Gasteiger partial charge in [-0.3, -0.25) is 4.90 Å². The van der Waals surface area contributed by atoms with Crippen molar-refractivity contribution in [2.24, 2.45) is 0 Å². The molecule has 0 unspecified atom stereocenters. The number of anilines is 1. The molecular formula is C23H28N6O2. The Hall–Kier alpha value is -3.18. The molecule has 2 aliphatic rings. The summed E-state index contributed by atoms with van der Waals surface area (Å²) in [6.45, 7) is 6.63. The van der Waals surface area contributed by atoms with Gasteiger partial charge >= 0.3 is 6.09 Å². The molecule has 4 rings (SSSR count). The third-order valence-corrected chi connectivity index (χ3v) is 5.96. The fourth-order valence-electron chi connectivity index (χ4n) is 4.19. The summed E-state index contributed by atoms with van der Waals surface area (Å²) in [5, 5.41) is 8.90. The van der Waals surface area contributed by atoms with Crippen molar-refractivity contribution in [2.45, 2.75) is 38.5 Å². The Bertz CT molecular complexity index is 906. The zero-order valence-corrected chi connectivity index (χ0v) is 17.9. The lowest BCUT2D eigenvalue weighted by Crippen LogP contribution is -2.55. The van der Waals surface area contributed by atoms with Gasteiger partial charge in [-0.2, -0.15) is 5.26 Å². The van der Waals surface area contributed by atoms with E-state index in [-0.39, 0.29) is 18.2 Å². The van der Waals surface area contributed by atoms with Crippen LogP contribution in [0, 0.1) is 11.3 Å². The molecule has 8 heteroatoms. The fraction of sp³-hybridized carbons (Fsp3) is 0.478. The molecule has 0 N–H and O–H groups in total. The number of carbonyl (C=O) groups excluding carboxylic acids is 1. The van der Waals surface area contributed by atoms with Gasteiger partial charge in [-0.05, 0) is 25.3 Å². The summed E-state index contributed by atoms with van der Waals surface area (Å²) in [6.07, 6.45) is 4.54. The molecule has 1 aromatic heterocycles. The van der Waals surface area contributed by atoms with Crippen LogP contribution in [0.3, 0.4) is 0 Å². The molecule has 0 spiro atoms. The fourth-order valence-corrected chi connectivity index (χ4v) is 4.19. The number of likely N-dealkylation sites (tertiary alicyclic amines) is 1. The molecule has 3 heterocycles. The van der Waals surface area contributed by atoms with E-state index in [0.717, 1.165) is 32.5 Å². The number of nitriles is 1. The van der Waals surface area contributed by atoms with Crippen molar-refractivity contribution in [3.8, 4) is 6.07 Å². The topological polar surface area (TPSA) is 85.6 Å². The number of hydrogen-bond acceptors (Lipinski definition) is 7. The zero-order valence-electron chi connectivity index (χ0n) is 17.9. The number of benzene rings is 1. The first kappa shape index (κ1) is 21.1.